The van der Waals surface area contributed by atoms with Crippen LogP contribution in [0.1, 0.15) is 18.4 Å². The first kappa shape index (κ1) is 26.8. The van der Waals surface area contributed by atoms with Gasteiger partial charge in [-0.25, -0.2) is 4.79 Å². The van der Waals surface area contributed by atoms with Gasteiger partial charge in [-0.3, -0.25) is 0 Å². The molecule has 3 aromatic rings. The van der Waals surface area contributed by atoms with E-state index in [4.69, 9.17) is 39.5 Å². The molecule has 0 bridgehead atoms. The summed E-state index contributed by atoms with van der Waals surface area (Å²) in [7, 11) is 1.73. The van der Waals surface area contributed by atoms with Crippen molar-refractivity contribution < 1.29 is 9.53 Å². The highest BCUT2D eigenvalue weighted by Gasteiger charge is 2.36. The molecule has 1 fully saturated rings. The van der Waals surface area contributed by atoms with Crippen LogP contribution in [0, 0.1) is 0 Å². The van der Waals surface area contributed by atoms with Gasteiger partial charge in [0.05, 0.1) is 6.61 Å². The molecule has 1 aliphatic heterocycles. The first-order chi connectivity index (χ1) is 17.4. The Morgan fingerprint density at radius 1 is 0.917 bits per heavy atom. The molecular weight excluding hydrogens is 517 g/mol. The van der Waals surface area contributed by atoms with E-state index in [9.17, 15) is 4.79 Å². The predicted molar refractivity (Wildman–Crippen MR) is 150 cm³/mol. The molecule has 1 heterocycles. The second-order valence-electron chi connectivity index (χ2n) is 9.17. The number of urea groups is 1. The lowest BCUT2D eigenvalue weighted by atomic mass is 9.72. The highest BCUT2D eigenvalue weighted by Crippen LogP contribution is 2.36. The molecule has 0 radical (unpaired) electrons. The number of benzene rings is 3. The SMILES string of the molecule is COCCN1CCC(CNC(=O)Nc2cc(Cl)cc(Cl)c2)(c2ccc(-c3cccc(Cl)c3)cc2)CC1. The van der Waals surface area contributed by atoms with Crippen LogP contribution in [0.5, 0.6) is 0 Å². The van der Waals surface area contributed by atoms with Gasteiger partial charge in [-0.2, -0.15) is 0 Å². The Kier molecular flexibility index (Phi) is 9.15. The predicted octanol–water partition coefficient (Wildman–Crippen LogP) is 7.12. The van der Waals surface area contributed by atoms with Gasteiger partial charge in [0.15, 0.2) is 0 Å². The number of carbonyl (C=O) groups is 1. The number of carbonyl (C=O) groups excluding carboxylic acids is 1. The van der Waals surface area contributed by atoms with E-state index in [0.717, 1.165) is 43.6 Å². The number of hydrogen-bond donors (Lipinski definition) is 2. The van der Waals surface area contributed by atoms with Crippen LogP contribution >= 0.6 is 34.8 Å². The Balaban J connectivity index is 1.50. The van der Waals surface area contributed by atoms with Crippen LogP contribution in [-0.2, 0) is 10.2 Å². The standard InChI is InChI=1S/C28H30Cl3N3O2/c1-36-14-13-34-11-9-28(10-12-34,19-32-27(35)33-26-17-24(30)16-25(31)18-26)22-7-5-20(6-8-22)21-3-2-4-23(29)15-21/h2-8,15-18H,9-14,19H2,1H3,(H2,32,33,35). The molecule has 5 nitrogen and oxygen atoms in total. The van der Waals surface area contributed by atoms with Gasteiger partial charge < -0.3 is 20.3 Å². The van der Waals surface area contributed by atoms with Gasteiger partial charge in [0.1, 0.15) is 0 Å². The molecular formula is C28H30Cl3N3O2. The van der Waals surface area contributed by atoms with Crippen molar-refractivity contribution in [3.05, 3.63) is 87.4 Å². The number of ether oxygens (including phenoxy) is 1. The summed E-state index contributed by atoms with van der Waals surface area (Å²) in [6, 6.07) is 21.2. The van der Waals surface area contributed by atoms with E-state index in [2.05, 4.69) is 45.9 Å². The summed E-state index contributed by atoms with van der Waals surface area (Å²) in [5, 5.41) is 7.60. The summed E-state index contributed by atoms with van der Waals surface area (Å²) >= 11 is 18.3. The van der Waals surface area contributed by atoms with Crippen LogP contribution in [0.4, 0.5) is 10.5 Å². The fraction of sp³-hybridized carbons (Fsp3) is 0.321. The van der Waals surface area contributed by atoms with Crippen LogP contribution in [0.25, 0.3) is 11.1 Å². The summed E-state index contributed by atoms with van der Waals surface area (Å²) < 4.78 is 5.26. The van der Waals surface area contributed by atoms with E-state index in [0.29, 0.717) is 33.9 Å². The number of anilines is 1. The lowest BCUT2D eigenvalue weighted by molar-refractivity contribution is 0.109. The van der Waals surface area contributed by atoms with E-state index in [-0.39, 0.29) is 11.4 Å². The van der Waals surface area contributed by atoms with E-state index in [1.54, 1.807) is 25.3 Å². The molecule has 2 N–H and O–H groups in total. The topological polar surface area (TPSA) is 53.6 Å². The quantitative estimate of drug-likeness (QED) is 0.316. The van der Waals surface area contributed by atoms with Crippen molar-refractivity contribution in [3.63, 3.8) is 0 Å². The van der Waals surface area contributed by atoms with Gasteiger partial charge in [0, 0.05) is 46.4 Å². The Labute approximate surface area is 227 Å². The van der Waals surface area contributed by atoms with Crippen LogP contribution < -0.4 is 10.6 Å². The van der Waals surface area contributed by atoms with Crippen LogP contribution in [0.15, 0.2) is 66.7 Å². The van der Waals surface area contributed by atoms with Crippen molar-refractivity contribution in [1.29, 1.82) is 0 Å². The number of nitrogens with zero attached hydrogens (tertiary/aromatic N) is 1. The fourth-order valence-electron chi connectivity index (χ4n) is 4.73. The number of rotatable bonds is 8. The maximum atomic E-state index is 12.8. The molecule has 8 heteroatoms. The Bertz CT molecular complexity index is 1160. The lowest BCUT2D eigenvalue weighted by Crippen LogP contribution is -2.50. The number of halogens is 3. The van der Waals surface area contributed by atoms with Gasteiger partial charge in [-0.1, -0.05) is 71.2 Å². The van der Waals surface area contributed by atoms with Gasteiger partial charge >= 0.3 is 6.03 Å². The molecule has 4 rings (SSSR count). The molecule has 3 aromatic carbocycles. The highest BCUT2D eigenvalue weighted by atomic mass is 35.5. The summed E-state index contributed by atoms with van der Waals surface area (Å²) in [6.45, 7) is 4.01. The lowest BCUT2D eigenvalue weighted by Gasteiger charge is -2.42. The van der Waals surface area contributed by atoms with E-state index in [1.807, 2.05) is 18.2 Å². The second kappa shape index (κ2) is 12.3. The van der Waals surface area contributed by atoms with E-state index >= 15 is 0 Å². The molecule has 190 valence electrons. The highest BCUT2D eigenvalue weighted by molar-refractivity contribution is 6.35. The molecule has 0 aromatic heterocycles. The molecule has 1 aliphatic rings. The molecule has 0 saturated carbocycles. The maximum absolute atomic E-state index is 12.8. The van der Waals surface area contributed by atoms with Gasteiger partial charge in [0.25, 0.3) is 0 Å². The zero-order valence-corrected chi connectivity index (χ0v) is 22.5. The van der Waals surface area contributed by atoms with E-state index in [1.165, 1.54) is 5.56 Å². The third-order valence-electron chi connectivity index (χ3n) is 6.79. The average molecular weight is 547 g/mol. The van der Waals surface area contributed by atoms with Crippen molar-refractivity contribution in [1.82, 2.24) is 10.2 Å². The third-order valence-corrected chi connectivity index (χ3v) is 7.46. The van der Waals surface area contributed by atoms with Crippen LogP contribution in [0.2, 0.25) is 15.1 Å². The smallest absolute Gasteiger partial charge is 0.319 e. The number of methoxy groups -OCH3 is 1. The zero-order chi connectivity index (χ0) is 25.5. The van der Waals surface area contributed by atoms with Crippen LogP contribution in [-0.4, -0.2) is 50.8 Å². The normalized spacial score (nSPS) is 15.4. The Hall–Kier alpha value is -2.28. The molecule has 1 saturated heterocycles. The number of nitrogens with one attached hydrogen (secondary N) is 2. The summed E-state index contributed by atoms with van der Waals surface area (Å²) in [4.78, 5) is 15.2. The molecule has 0 aliphatic carbocycles. The fourth-order valence-corrected chi connectivity index (χ4v) is 5.44. The number of piperidine rings is 1. The largest absolute Gasteiger partial charge is 0.383 e. The molecule has 0 atom stereocenters. The minimum atomic E-state index is -0.287. The third kappa shape index (κ3) is 6.93. The number of likely N-dealkylation sites (tertiary alicyclic amines) is 1. The molecule has 0 unspecified atom stereocenters. The van der Waals surface area contributed by atoms with Crippen molar-refractivity contribution >= 4 is 46.5 Å². The zero-order valence-electron chi connectivity index (χ0n) is 20.2. The molecule has 36 heavy (non-hydrogen) atoms. The number of hydrogen-bond acceptors (Lipinski definition) is 3. The Morgan fingerprint density at radius 3 is 2.25 bits per heavy atom. The monoisotopic (exact) mass is 545 g/mol. The first-order valence-electron chi connectivity index (χ1n) is 12.0. The van der Waals surface area contributed by atoms with Crippen LogP contribution in [0.3, 0.4) is 0 Å². The van der Waals surface area contributed by atoms with Crippen molar-refractivity contribution in [2.45, 2.75) is 18.3 Å². The summed E-state index contributed by atoms with van der Waals surface area (Å²) in [5.74, 6) is 0. The van der Waals surface area contributed by atoms with E-state index < -0.39 is 0 Å². The maximum Gasteiger partial charge on any atom is 0.319 e. The molecule has 0 spiro atoms. The second-order valence-corrected chi connectivity index (χ2v) is 10.5. The summed E-state index contributed by atoms with van der Waals surface area (Å²) in [6.07, 6.45) is 1.85. The van der Waals surface area contributed by atoms with Crippen molar-refractivity contribution in [3.8, 4) is 11.1 Å². The average Bonchev–Trinajstić information content (AvgIpc) is 2.86. The first-order valence-corrected chi connectivity index (χ1v) is 13.1. The van der Waals surface area contributed by atoms with Gasteiger partial charge in [-0.05, 0) is 73.0 Å². The minimum Gasteiger partial charge on any atom is -0.383 e. The minimum absolute atomic E-state index is 0.181. The van der Waals surface area contributed by atoms with Crippen molar-refractivity contribution in [2.24, 2.45) is 0 Å². The summed E-state index contributed by atoms with van der Waals surface area (Å²) in [5.41, 5.74) is 3.78. The Morgan fingerprint density at radius 2 is 1.61 bits per heavy atom. The number of amides is 2. The molecule has 2 amide bonds. The van der Waals surface area contributed by atoms with Crippen molar-refractivity contribution in [2.75, 3.05) is 45.2 Å². The van der Waals surface area contributed by atoms with Gasteiger partial charge in [0.2, 0.25) is 0 Å². The van der Waals surface area contributed by atoms with Gasteiger partial charge in [-0.15, -0.1) is 0 Å².